The Hall–Kier alpha value is -3.91. The van der Waals surface area contributed by atoms with Crippen LogP contribution in [0.25, 0.3) is 16.9 Å². The number of aliphatic hydroxyl groups is 1. The van der Waals surface area contributed by atoms with Gasteiger partial charge in [0.05, 0.1) is 22.0 Å². The standard InChI is InChI=1S/C26H26F3N5O4S/c27-26(28,29)38-22-12-8-19(9-13-22)32-25(35)31-16-4-7-20-17-24(18-5-2-1-3-6-18)34(33-20)21-10-14-23(15-11-21)39(30,36)37/h1-3,5-6,8-15,17,25,31-32,35H,4,7,16H2,(H2,30,36,37). The van der Waals surface area contributed by atoms with E-state index in [-0.39, 0.29) is 10.6 Å². The molecule has 1 heterocycles. The molecule has 0 aliphatic heterocycles. The zero-order valence-corrected chi connectivity index (χ0v) is 21.3. The van der Waals surface area contributed by atoms with E-state index in [1.165, 1.54) is 24.3 Å². The molecule has 0 bridgehead atoms. The fourth-order valence-electron chi connectivity index (χ4n) is 3.81. The van der Waals surface area contributed by atoms with E-state index in [1.54, 1.807) is 16.8 Å². The van der Waals surface area contributed by atoms with Gasteiger partial charge in [0.2, 0.25) is 10.0 Å². The summed E-state index contributed by atoms with van der Waals surface area (Å²) in [6.07, 6.45) is -4.71. The van der Waals surface area contributed by atoms with E-state index >= 15 is 0 Å². The monoisotopic (exact) mass is 561 g/mol. The Morgan fingerprint density at radius 1 is 1.00 bits per heavy atom. The van der Waals surface area contributed by atoms with Crippen molar-refractivity contribution in [3.8, 4) is 22.7 Å². The summed E-state index contributed by atoms with van der Waals surface area (Å²) in [4.78, 5) is 0.00344. The highest BCUT2D eigenvalue weighted by Crippen LogP contribution is 2.26. The van der Waals surface area contributed by atoms with Crippen LogP contribution in [-0.4, -0.2) is 42.6 Å². The minimum Gasteiger partial charge on any atom is -0.406 e. The van der Waals surface area contributed by atoms with Crippen molar-refractivity contribution in [3.63, 3.8) is 0 Å². The molecule has 0 saturated heterocycles. The van der Waals surface area contributed by atoms with Crippen LogP contribution in [0.3, 0.4) is 0 Å². The lowest BCUT2D eigenvalue weighted by Crippen LogP contribution is -2.36. The van der Waals surface area contributed by atoms with Crippen molar-refractivity contribution >= 4 is 15.7 Å². The van der Waals surface area contributed by atoms with Gasteiger partial charge in [-0.3, -0.25) is 5.32 Å². The van der Waals surface area contributed by atoms with Crippen molar-refractivity contribution < 1.29 is 31.4 Å². The number of benzene rings is 3. The van der Waals surface area contributed by atoms with Crippen LogP contribution in [-0.2, 0) is 16.4 Å². The van der Waals surface area contributed by atoms with Crippen molar-refractivity contribution in [2.75, 3.05) is 11.9 Å². The van der Waals surface area contributed by atoms with Gasteiger partial charge in [-0.2, -0.15) is 5.10 Å². The number of alkyl halides is 3. The third-order valence-electron chi connectivity index (χ3n) is 5.58. The Kier molecular flexibility index (Phi) is 8.55. The molecule has 1 unspecified atom stereocenters. The number of sulfonamides is 1. The number of halogens is 3. The summed E-state index contributed by atoms with van der Waals surface area (Å²) in [5.74, 6) is -0.356. The van der Waals surface area contributed by atoms with Gasteiger partial charge in [0.25, 0.3) is 0 Å². The van der Waals surface area contributed by atoms with Crippen LogP contribution in [0.2, 0.25) is 0 Å². The first-order valence-electron chi connectivity index (χ1n) is 11.8. The predicted octanol–water partition coefficient (Wildman–Crippen LogP) is 4.00. The molecular weight excluding hydrogens is 535 g/mol. The van der Waals surface area contributed by atoms with Crippen LogP contribution < -0.4 is 20.5 Å². The second-order valence-electron chi connectivity index (χ2n) is 8.51. The number of nitrogens with zero attached hydrogens (tertiary/aromatic N) is 2. The Labute approximate surface area is 223 Å². The van der Waals surface area contributed by atoms with Gasteiger partial charge in [0, 0.05) is 11.3 Å². The molecule has 0 amide bonds. The van der Waals surface area contributed by atoms with Crippen LogP contribution in [0.4, 0.5) is 18.9 Å². The van der Waals surface area contributed by atoms with Gasteiger partial charge < -0.3 is 15.2 Å². The lowest BCUT2D eigenvalue weighted by atomic mass is 10.1. The first-order chi connectivity index (χ1) is 18.5. The summed E-state index contributed by atoms with van der Waals surface area (Å²) < 4.78 is 65.6. The molecule has 0 fully saturated rings. The maximum Gasteiger partial charge on any atom is 0.573 e. The smallest absolute Gasteiger partial charge is 0.406 e. The van der Waals surface area contributed by atoms with Crippen molar-refractivity contribution in [1.29, 1.82) is 0 Å². The number of nitrogens with two attached hydrogens (primary N) is 1. The lowest BCUT2D eigenvalue weighted by molar-refractivity contribution is -0.274. The molecule has 1 atom stereocenters. The number of nitrogens with one attached hydrogen (secondary N) is 2. The van der Waals surface area contributed by atoms with E-state index in [4.69, 9.17) is 10.2 Å². The molecule has 0 aliphatic rings. The molecule has 4 rings (SSSR count). The molecule has 0 aliphatic carbocycles. The van der Waals surface area contributed by atoms with Crippen LogP contribution in [0.5, 0.6) is 5.75 Å². The second kappa shape index (κ2) is 11.9. The number of hydrogen-bond donors (Lipinski definition) is 4. The van der Waals surface area contributed by atoms with Crippen LogP contribution in [0.1, 0.15) is 12.1 Å². The Morgan fingerprint density at radius 2 is 1.67 bits per heavy atom. The molecule has 0 saturated carbocycles. The zero-order chi connectivity index (χ0) is 28.0. The predicted molar refractivity (Wildman–Crippen MR) is 139 cm³/mol. The summed E-state index contributed by atoms with van der Waals surface area (Å²) in [6, 6.07) is 22.7. The molecular formula is C26H26F3N5O4S. The van der Waals surface area contributed by atoms with Crippen molar-refractivity contribution in [2.24, 2.45) is 5.14 Å². The number of aromatic nitrogens is 2. The summed E-state index contributed by atoms with van der Waals surface area (Å²) in [7, 11) is -3.82. The molecule has 5 N–H and O–H groups in total. The van der Waals surface area contributed by atoms with Crippen molar-refractivity contribution in [2.45, 2.75) is 30.5 Å². The van der Waals surface area contributed by atoms with E-state index in [0.29, 0.717) is 30.8 Å². The molecule has 39 heavy (non-hydrogen) atoms. The van der Waals surface area contributed by atoms with Crippen LogP contribution in [0, 0.1) is 0 Å². The number of primary sulfonamides is 1. The van der Waals surface area contributed by atoms with Gasteiger partial charge in [0.1, 0.15) is 5.75 Å². The molecule has 0 spiro atoms. The van der Waals surface area contributed by atoms with Crippen molar-refractivity contribution in [1.82, 2.24) is 15.1 Å². The number of ether oxygens (including phenoxy) is 1. The normalized spacial score (nSPS) is 12.7. The van der Waals surface area contributed by atoms with Gasteiger partial charge in [-0.25, -0.2) is 18.2 Å². The minimum atomic E-state index is -4.77. The quantitative estimate of drug-likeness (QED) is 0.161. The van der Waals surface area contributed by atoms with E-state index in [0.717, 1.165) is 29.1 Å². The highest BCUT2D eigenvalue weighted by Gasteiger charge is 2.31. The number of anilines is 1. The maximum absolute atomic E-state index is 12.3. The Balaban J connectivity index is 1.37. The summed E-state index contributed by atoms with van der Waals surface area (Å²) in [5.41, 5.74) is 3.60. The van der Waals surface area contributed by atoms with Gasteiger partial charge in [-0.1, -0.05) is 30.3 Å². The molecule has 206 valence electrons. The summed E-state index contributed by atoms with van der Waals surface area (Å²) >= 11 is 0. The molecule has 1 aromatic heterocycles. The number of aliphatic hydroxyl groups excluding tert-OH is 1. The van der Waals surface area contributed by atoms with Gasteiger partial charge in [-0.15, -0.1) is 13.2 Å². The SMILES string of the molecule is NS(=O)(=O)c1ccc(-n2nc(CCCNC(O)Nc3ccc(OC(F)(F)F)cc3)cc2-c2ccccc2)cc1. The number of hydrogen-bond acceptors (Lipinski definition) is 7. The lowest BCUT2D eigenvalue weighted by Gasteiger charge is -2.16. The maximum atomic E-state index is 12.3. The number of aryl methyl sites for hydroxylation is 1. The Morgan fingerprint density at radius 3 is 2.28 bits per heavy atom. The fraction of sp³-hybridized carbons (Fsp3) is 0.192. The average Bonchev–Trinajstić information content (AvgIpc) is 3.31. The molecule has 9 nitrogen and oxygen atoms in total. The second-order valence-corrected chi connectivity index (χ2v) is 10.1. The molecule has 13 heteroatoms. The minimum absolute atomic E-state index is 0.00344. The van der Waals surface area contributed by atoms with Crippen LogP contribution in [0.15, 0.2) is 89.8 Å². The molecule has 4 aromatic rings. The van der Waals surface area contributed by atoms with E-state index in [1.807, 2.05) is 36.4 Å². The third kappa shape index (κ3) is 8.04. The fourth-order valence-corrected chi connectivity index (χ4v) is 4.33. The topological polar surface area (TPSA) is 132 Å². The average molecular weight is 562 g/mol. The van der Waals surface area contributed by atoms with Crippen LogP contribution >= 0.6 is 0 Å². The molecule has 0 radical (unpaired) electrons. The van der Waals surface area contributed by atoms with Crippen molar-refractivity contribution in [3.05, 3.63) is 90.6 Å². The number of rotatable bonds is 11. The summed E-state index contributed by atoms with van der Waals surface area (Å²) in [6.45, 7) is 0.417. The Bertz CT molecular complexity index is 1480. The van der Waals surface area contributed by atoms with E-state index in [2.05, 4.69) is 15.4 Å². The largest absolute Gasteiger partial charge is 0.573 e. The highest BCUT2D eigenvalue weighted by atomic mass is 32.2. The zero-order valence-electron chi connectivity index (χ0n) is 20.5. The molecule has 3 aromatic carbocycles. The van der Waals surface area contributed by atoms with Gasteiger partial charge in [-0.05, 0) is 74.0 Å². The summed E-state index contributed by atoms with van der Waals surface area (Å²) in [5, 5.41) is 25.7. The first kappa shape index (κ1) is 28.1. The third-order valence-corrected chi connectivity index (χ3v) is 6.51. The van der Waals surface area contributed by atoms with Gasteiger partial charge >= 0.3 is 6.36 Å². The van der Waals surface area contributed by atoms with E-state index < -0.39 is 22.7 Å². The van der Waals surface area contributed by atoms with E-state index in [9.17, 15) is 26.7 Å². The highest BCUT2D eigenvalue weighted by molar-refractivity contribution is 7.89. The first-order valence-corrected chi connectivity index (χ1v) is 13.3. The van der Waals surface area contributed by atoms with Gasteiger partial charge in [0.15, 0.2) is 6.35 Å².